The summed E-state index contributed by atoms with van der Waals surface area (Å²) in [7, 11) is 1.61. The van der Waals surface area contributed by atoms with Crippen LogP contribution in [-0.2, 0) is 13.2 Å². The number of H-pyrrole nitrogens is 1. The summed E-state index contributed by atoms with van der Waals surface area (Å²) in [4.78, 5) is 0. The largest absolute Gasteiger partial charge is 0.493 e. The average Bonchev–Trinajstić information content (AvgIpc) is 3.18. The first-order chi connectivity index (χ1) is 15.5. The number of hydrogen-bond acceptors (Lipinski definition) is 5. The van der Waals surface area contributed by atoms with Gasteiger partial charge in [-0.1, -0.05) is 71.8 Å². The molecule has 1 aromatic heterocycles. The number of aromatic amines is 1. The Morgan fingerprint density at radius 1 is 1.06 bits per heavy atom. The van der Waals surface area contributed by atoms with E-state index in [0.717, 1.165) is 16.7 Å². The summed E-state index contributed by atoms with van der Waals surface area (Å²) in [5.41, 5.74) is 7.34. The molecule has 8 heteroatoms. The van der Waals surface area contributed by atoms with Gasteiger partial charge in [0.15, 0.2) is 17.3 Å². The summed E-state index contributed by atoms with van der Waals surface area (Å²) in [6, 6.07) is 21.6. The van der Waals surface area contributed by atoms with Crippen molar-refractivity contribution in [3.8, 4) is 22.9 Å². The van der Waals surface area contributed by atoms with Crippen molar-refractivity contribution in [1.29, 1.82) is 0 Å². The minimum atomic E-state index is 0.418. The summed E-state index contributed by atoms with van der Waals surface area (Å²) in [5.74, 6) is 1.89. The number of rotatable bonds is 8. The molecule has 0 bridgehead atoms. The third kappa shape index (κ3) is 4.95. The van der Waals surface area contributed by atoms with E-state index in [-0.39, 0.29) is 0 Å². The van der Waals surface area contributed by atoms with E-state index in [1.165, 1.54) is 5.56 Å². The molecule has 0 saturated heterocycles. The fourth-order valence-corrected chi connectivity index (χ4v) is 3.75. The molecule has 1 heterocycles. The van der Waals surface area contributed by atoms with Gasteiger partial charge >= 0.3 is 0 Å². The third-order valence-corrected chi connectivity index (χ3v) is 5.57. The van der Waals surface area contributed by atoms with E-state index in [0.29, 0.717) is 40.3 Å². The van der Waals surface area contributed by atoms with Gasteiger partial charge in [0.25, 0.3) is 0 Å². The van der Waals surface area contributed by atoms with Crippen LogP contribution >= 0.6 is 23.8 Å². The molecule has 2 N–H and O–H groups in total. The first-order valence-corrected chi connectivity index (χ1v) is 10.8. The molecule has 3 aromatic carbocycles. The number of nitrogens with one attached hydrogen (secondary N) is 2. The molecule has 0 radical (unpaired) electrons. The predicted molar refractivity (Wildman–Crippen MR) is 129 cm³/mol. The van der Waals surface area contributed by atoms with Crippen LogP contribution in [0.1, 0.15) is 16.7 Å². The predicted octanol–water partition coefficient (Wildman–Crippen LogP) is 5.90. The summed E-state index contributed by atoms with van der Waals surface area (Å²) in [6.07, 6.45) is 0. The zero-order valence-corrected chi connectivity index (χ0v) is 19.3. The minimum absolute atomic E-state index is 0.418. The Hall–Kier alpha value is -3.29. The zero-order valence-electron chi connectivity index (χ0n) is 17.8. The molecule has 6 nitrogen and oxygen atoms in total. The van der Waals surface area contributed by atoms with Crippen LogP contribution in [0.4, 0.5) is 0 Å². The van der Waals surface area contributed by atoms with E-state index < -0.39 is 0 Å². The molecular weight excluding hydrogens is 444 g/mol. The van der Waals surface area contributed by atoms with Crippen molar-refractivity contribution >= 4 is 23.8 Å². The second kappa shape index (κ2) is 9.89. The van der Waals surface area contributed by atoms with Crippen LogP contribution in [0.2, 0.25) is 5.02 Å². The number of benzene rings is 3. The molecule has 4 aromatic rings. The summed E-state index contributed by atoms with van der Waals surface area (Å²) in [6.45, 7) is 2.90. The van der Waals surface area contributed by atoms with Gasteiger partial charge < -0.3 is 14.9 Å². The lowest BCUT2D eigenvalue weighted by atomic mass is 10.1. The van der Waals surface area contributed by atoms with Crippen LogP contribution in [0, 0.1) is 11.7 Å². The SMILES string of the molecule is COc1cc(CNn2c(-c3ccccc3)n[nH]c2=S)c(Cl)cc1OCc1cccc(C)c1. The topological polar surface area (TPSA) is 64.1 Å². The number of nitrogens with zero attached hydrogens (tertiary/aromatic N) is 2. The number of hydrogen-bond donors (Lipinski definition) is 2. The normalized spacial score (nSPS) is 10.7. The lowest BCUT2D eigenvalue weighted by Crippen LogP contribution is -2.16. The van der Waals surface area contributed by atoms with Gasteiger partial charge in [0.05, 0.1) is 13.7 Å². The van der Waals surface area contributed by atoms with E-state index in [1.54, 1.807) is 17.9 Å². The second-order valence-corrected chi connectivity index (χ2v) is 8.05. The summed E-state index contributed by atoms with van der Waals surface area (Å²) >= 11 is 12.0. The maximum Gasteiger partial charge on any atom is 0.214 e. The molecule has 32 heavy (non-hydrogen) atoms. The fraction of sp³-hybridized carbons (Fsp3) is 0.167. The van der Waals surface area contributed by atoms with Gasteiger partial charge in [-0.15, -0.1) is 0 Å². The molecule has 0 saturated carbocycles. The van der Waals surface area contributed by atoms with Crippen LogP contribution in [0.5, 0.6) is 11.5 Å². The number of methoxy groups -OCH3 is 1. The van der Waals surface area contributed by atoms with Gasteiger partial charge in [-0.3, -0.25) is 0 Å². The summed E-state index contributed by atoms with van der Waals surface area (Å²) in [5, 5.41) is 7.73. The first-order valence-electron chi connectivity index (χ1n) is 10.1. The van der Waals surface area contributed by atoms with Gasteiger partial charge in [0, 0.05) is 16.7 Å². The molecule has 0 aliphatic carbocycles. The number of aromatic nitrogens is 3. The van der Waals surface area contributed by atoms with Crippen LogP contribution < -0.4 is 14.9 Å². The maximum absolute atomic E-state index is 6.57. The average molecular weight is 467 g/mol. The molecule has 0 aliphatic heterocycles. The van der Waals surface area contributed by atoms with Crippen LogP contribution in [0.3, 0.4) is 0 Å². The highest BCUT2D eigenvalue weighted by atomic mass is 35.5. The standard InChI is InChI=1S/C24H23ClN4O2S/c1-16-7-6-8-17(11-16)15-31-22-13-20(25)19(12-21(22)30-2)14-26-29-23(27-28-24(29)32)18-9-4-3-5-10-18/h3-13,26H,14-15H2,1-2H3,(H,28,32). The Morgan fingerprint density at radius 2 is 1.88 bits per heavy atom. The van der Waals surface area contributed by atoms with Crippen molar-refractivity contribution < 1.29 is 9.47 Å². The van der Waals surface area contributed by atoms with E-state index in [4.69, 9.17) is 33.3 Å². The highest BCUT2D eigenvalue weighted by molar-refractivity contribution is 7.71. The van der Waals surface area contributed by atoms with E-state index >= 15 is 0 Å². The number of ether oxygens (including phenoxy) is 2. The maximum atomic E-state index is 6.57. The monoisotopic (exact) mass is 466 g/mol. The van der Waals surface area contributed by atoms with Crippen LogP contribution in [0.25, 0.3) is 11.4 Å². The lowest BCUT2D eigenvalue weighted by molar-refractivity contribution is 0.284. The van der Waals surface area contributed by atoms with Crippen molar-refractivity contribution in [1.82, 2.24) is 14.9 Å². The quantitative estimate of drug-likeness (QED) is 0.316. The highest BCUT2D eigenvalue weighted by Gasteiger charge is 2.13. The smallest absolute Gasteiger partial charge is 0.214 e. The molecule has 0 amide bonds. The molecule has 0 aliphatic rings. The van der Waals surface area contributed by atoms with Crippen molar-refractivity contribution in [2.45, 2.75) is 20.1 Å². The minimum Gasteiger partial charge on any atom is -0.493 e. The van der Waals surface area contributed by atoms with Gasteiger partial charge in [-0.2, -0.15) is 5.10 Å². The van der Waals surface area contributed by atoms with Crippen molar-refractivity contribution in [3.63, 3.8) is 0 Å². The fourth-order valence-electron chi connectivity index (χ4n) is 3.34. The number of aryl methyl sites for hydroxylation is 1. The first kappa shape index (κ1) is 21.9. The van der Waals surface area contributed by atoms with Crippen molar-refractivity contribution in [2.24, 2.45) is 0 Å². The summed E-state index contributed by atoms with van der Waals surface area (Å²) < 4.78 is 13.7. The Bertz CT molecular complexity index is 1270. The van der Waals surface area contributed by atoms with Crippen molar-refractivity contribution in [3.05, 3.63) is 93.2 Å². The van der Waals surface area contributed by atoms with Gasteiger partial charge in [-0.25, -0.2) is 9.77 Å². The van der Waals surface area contributed by atoms with Crippen LogP contribution in [0.15, 0.2) is 66.7 Å². The van der Waals surface area contributed by atoms with Gasteiger partial charge in [-0.05, 0) is 36.3 Å². The number of halogens is 1. The molecule has 0 atom stereocenters. The Kier molecular flexibility index (Phi) is 6.78. The Morgan fingerprint density at radius 3 is 2.62 bits per heavy atom. The second-order valence-electron chi connectivity index (χ2n) is 7.26. The van der Waals surface area contributed by atoms with E-state index in [2.05, 4.69) is 34.7 Å². The Labute approximate surface area is 196 Å². The molecule has 4 rings (SSSR count). The third-order valence-electron chi connectivity index (χ3n) is 4.94. The van der Waals surface area contributed by atoms with E-state index in [1.807, 2.05) is 48.5 Å². The molecule has 0 spiro atoms. The highest BCUT2D eigenvalue weighted by Crippen LogP contribution is 2.34. The van der Waals surface area contributed by atoms with Crippen molar-refractivity contribution in [2.75, 3.05) is 12.5 Å². The Balaban J connectivity index is 1.52. The van der Waals surface area contributed by atoms with E-state index in [9.17, 15) is 0 Å². The molecule has 0 unspecified atom stereocenters. The molecule has 0 fully saturated rings. The van der Waals surface area contributed by atoms with Gasteiger partial charge in [0.1, 0.15) is 6.61 Å². The van der Waals surface area contributed by atoms with Gasteiger partial charge in [0.2, 0.25) is 4.77 Å². The lowest BCUT2D eigenvalue weighted by Gasteiger charge is -2.15. The van der Waals surface area contributed by atoms with Crippen LogP contribution in [-0.4, -0.2) is 22.0 Å². The molecule has 164 valence electrons. The molecular formula is C24H23ClN4O2S. The zero-order chi connectivity index (χ0) is 22.5.